The van der Waals surface area contributed by atoms with E-state index in [1.165, 1.54) is 51.4 Å². The van der Waals surface area contributed by atoms with Gasteiger partial charge in [-0.1, -0.05) is 0 Å². The first-order chi connectivity index (χ1) is 14.1. The van der Waals surface area contributed by atoms with Crippen LogP contribution in [0, 0.1) is 5.92 Å². The molecule has 0 unspecified atom stereocenters. The van der Waals surface area contributed by atoms with Crippen LogP contribution in [0.5, 0.6) is 0 Å². The van der Waals surface area contributed by atoms with Gasteiger partial charge in [-0.2, -0.15) is 0 Å². The molecule has 1 aliphatic heterocycles. The quantitative estimate of drug-likeness (QED) is 0.239. The van der Waals surface area contributed by atoms with Gasteiger partial charge in [0.15, 0.2) is 0 Å². The molecule has 0 saturated carbocycles. The van der Waals surface area contributed by atoms with E-state index >= 15 is 0 Å². The molecule has 0 radical (unpaired) electrons. The van der Waals surface area contributed by atoms with Gasteiger partial charge >= 0.3 is 185 Å². The normalized spacial score (nSPS) is 20.0. The van der Waals surface area contributed by atoms with Crippen LogP contribution in [0.3, 0.4) is 0 Å². The molecule has 0 bridgehead atoms. The van der Waals surface area contributed by atoms with Crippen molar-refractivity contribution in [3.63, 3.8) is 0 Å². The van der Waals surface area contributed by atoms with Gasteiger partial charge in [0.2, 0.25) is 0 Å². The number of nitrogens with zero attached hydrogens (tertiary/aromatic N) is 2. The number of unbranched alkanes of at least 4 members (excludes halogenated alkanes) is 3. The van der Waals surface area contributed by atoms with Crippen LogP contribution in [0.4, 0.5) is 5.82 Å². The molecule has 0 aliphatic carbocycles. The number of hydrogen-bond donors (Lipinski definition) is 0. The Morgan fingerprint density at radius 3 is 2.14 bits per heavy atom. The van der Waals surface area contributed by atoms with E-state index in [0.717, 1.165) is 22.3 Å². The molecule has 4 heteroatoms. The minimum absolute atomic E-state index is 0.536. The Morgan fingerprint density at radius 1 is 1.03 bits per heavy atom. The first-order valence-electron chi connectivity index (χ1n) is 12.4. The summed E-state index contributed by atoms with van der Waals surface area (Å²) in [4.78, 5) is 11.1. The summed E-state index contributed by atoms with van der Waals surface area (Å²) in [6.45, 7) is 12.8. The van der Waals surface area contributed by atoms with Crippen LogP contribution >= 0.6 is 0 Å². The van der Waals surface area contributed by atoms with Gasteiger partial charge in [0.1, 0.15) is 0 Å². The maximum atomic E-state index is 6.47. The van der Waals surface area contributed by atoms with Crippen molar-refractivity contribution in [2.75, 3.05) is 11.7 Å². The van der Waals surface area contributed by atoms with Crippen LogP contribution < -0.4 is 5.06 Å². The molecule has 1 saturated heterocycles. The van der Waals surface area contributed by atoms with Gasteiger partial charge in [0.05, 0.1) is 0 Å². The fourth-order valence-electron chi connectivity index (χ4n) is 5.18. The molecular formula is C25H46N2OSn. The molecule has 0 amide bonds. The minimum atomic E-state index is -2.37. The van der Waals surface area contributed by atoms with E-state index in [4.69, 9.17) is 4.84 Å². The van der Waals surface area contributed by atoms with Gasteiger partial charge in [-0.05, 0) is 0 Å². The van der Waals surface area contributed by atoms with E-state index in [1.807, 2.05) is 12.3 Å². The zero-order valence-electron chi connectivity index (χ0n) is 19.8. The molecule has 1 aromatic rings. The second kappa shape index (κ2) is 13.2. The van der Waals surface area contributed by atoms with Gasteiger partial charge < -0.3 is 0 Å². The fraction of sp³-hybridized carbons (Fsp3) is 0.800. The third kappa shape index (κ3) is 7.12. The second-order valence-corrected chi connectivity index (χ2v) is 23.8. The molecule has 1 aromatic heterocycles. The van der Waals surface area contributed by atoms with Crippen LogP contribution in [0.2, 0.25) is 17.2 Å². The Balaban J connectivity index is 2.35. The van der Waals surface area contributed by atoms with Gasteiger partial charge in [-0.25, -0.2) is 0 Å². The Labute approximate surface area is 184 Å². The first-order valence-corrected chi connectivity index (χ1v) is 20.1. The zero-order chi connectivity index (χ0) is 21.1. The second-order valence-electron chi connectivity index (χ2n) is 9.63. The van der Waals surface area contributed by atoms with Crippen molar-refractivity contribution < 1.29 is 4.84 Å². The summed E-state index contributed by atoms with van der Waals surface area (Å²) in [7, 11) is 0. The van der Waals surface area contributed by atoms with Crippen molar-refractivity contribution in [2.24, 2.45) is 5.92 Å². The molecule has 29 heavy (non-hydrogen) atoms. The third-order valence-electron chi connectivity index (χ3n) is 6.94. The van der Waals surface area contributed by atoms with Gasteiger partial charge in [0.25, 0.3) is 0 Å². The van der Waals surface area contributed by atoms with E-state index < -0.39 is 18.4 Å². The predicted molar refractivity (Wildman–Crippen MR) is 129 cm³/mol. The number of pyridine rings is 1. The first kappa shape index (κ1) is 25.0. The molecule has 0 spiro atoms. The van der Waals surface area contributed by atoms with Crippen LogP contribution in [-0.4, -0.2) is 36.0 Å². The average molecular weight is 509 g/mol. The number of hydrogen-bond acceptors (Lipinski definition) is 3. The topological polar surface area (TPSA) is 25.4 Å². The number of hydroxylamine groups is 1. The van der Waals surface area contributed by atoms with Crippen LogP contribution in [0.15, 0.2) is 24.4 Å². The van der Waals surface area contributed by atoms with Crippen molar-refractivity contribution in [2.45, 2.75) is 109 Å². The Bertz CT molecular complexity index is 529. The van der Waals surface area contributed by atoms with Gasteiger partial charge in [0, 0.05) is 0 Å². The summed E-state index contributed by atoms with van der Waals surface area (Å²) in [5.41, 5.74) is 0. The molecule has 166 valence electrons. The standard InChI is InChI=1S/C13H19N2O.3C4H9.Sn/c1-11(2)6-7-12-8-10-16-15(12)13-5-3-4-9-14-13;3*1-3-4-2;/h3-5,8-9,11-12H,6-7,10H2,1-2H3;3*1,3-4H2,2H3;/t12-;;;;/m1..../s1. The summed E-state index contributed by atoms with van der Waals surface area (Å²) in [5.74, 6) is 1.76. The molecule has 0 aromatic carbocycles. The van der Waals surface area contributed by atoms with Crippen molar-refractivity contribution in [1.29, 1.82) is 0 Å². The zero-order valence-corrected chi connectivity index (χ0v) is 22.7. The summed E-state index contributed by atoms with van der Waals surface area (Å²) < 4.78 is 5.50. The van der Waals surface area contributed by atoms with E-state index in [1.54, 1.807) is 13.3 Å². The molecular weight excluding hydrogens is 463 g/mol. The van der Waals surface area contributed by atoms with Crippen molar-refractivity contribution in [3.8, 4) is 0 Å². The van der Waals surface area contributed by atoms with E-state index in [2.05, 4.69) is 56.8 Å². The van der Waals surface area contributed by atoms with Gasteiger partial charge in [-0.15, -0.1) is 0 Å². The van der Waals surface area contributed by atoms with E-state index in [-0.39, 0.29) is 0 Å². The summed E-state index contributed by atoms with van der Waals surface area (Å²) in [6, 6.07) is 6.77. The Hall–Kier alpha value is -0.291. The van der Waals surface area contributed by atoms with Crippen LogP contribution in [0.25, 0.3) is 0 Å². The van der Waals surface area contributed by atoms with Crippen molar-refractivity contribution in [1.82, 2.24) is 4.98 Å². The van der Waals surface area contributed by atoms with Crippen LogP contribution in [0.1, 0.15) is 86.0 Å². The Kier molecular flexibility index (Phi) is 11.4. The maximum absolute atomic E-state index is 6.47. The number of aromatic nitrogens is 1. The third-order valence-corrected chi connectivity index (χ3v) is 24.6. The molecule has 2 rings (SSSR count). The molecule has 2 heterocycles. The molecule has 0 N–H and O–H groups in total. The number of anilines is 1. The molecule has 1 aliphatic rings. The van der Waals surface area contributed by atoms with E-state index in [9.17, 15) is 0 Å². The van der Waals surface area contributed by atoms with Crippen molar-refractivity contribution in [3.05, 3.63) is 24.4 Å². The molecule has 3 nitrogen and oxygen atoms in total. The monoisotopic (exact) mass is 510 g/mol. The Morgan fingerprint density at radius 2 is 1.66 bits per heavy atom. The SMILES string of the molecule is CCC[CH2][Sn]([CH2]CCC)([CH2]CCC)[C@@H]1CON(c2ccccn2)[C@@H]1CCC(C)C. The van der Waals surface area contributed by atoms with E-state index in [0.29, 0.717) is 6.04 Å². The summed E-state index contributed by atoms with van der Waals surface area (Å²) in [5, 5.41) is 2.24. The summed E-state index contributed by atoms with van der Waals surface area (Å²) >= 11 is -2.37. The fourth-order valence-corrected chi connectivity index (χ4v) is 24.0. The van der Waals surface area contributed by atoms with Gasteiger partial charge in [-0.3, -0.25) is 0 Å². The van der Waals surface area contributed by atoms with Crippen molar-refractivity contribution >= 4 is 24.2 Å². The molecule has 2 atom stereocenters. The number of rotatable bonds is 14. The summed E-state index contributed by atoms with van der Waals surface area (Å²) in [6.07, 6.45) is 12.8. The van der Waals surface area contributed by atoms with Crippen LogP contribution in [-0.2, 0) is 4.84 Å². The molecule has 1 fully saturated rings. The predicted octanol–water partition coefficient (Wildman–Crippen LogP) is 7.86. The average Bonchev–Trinajstić information content (AvgIpc) is 3.17.